The molecule has 1 aliphatic rings. The number of hydrogen-bond donors (Lipinski definition) is 3. The fourth-order valence-corrected chi connectivity index (χ4v) is 2.56. The molecule has 22 heavy (non-hydrogen) atoms. The van der Waals surface area contributed by atoms with Crippen molar-refractivity contribution in [1.82, 2.24) is 0 Å². The fourth-order valence-electron chi connectivity index (χ4n) is 2.56. The van der Waals surface area contributed by atoms with Crippen molar-refractivity contribution in [3.63, 3.8) is 0 Å². The third-order valence-corrected chi connectivity index (χ3v) is 3.63. The van der Waals surface area contributed by atoms with E-state index in [2.05, 4.69) is 10.6 Å². The molecule has 1 saturated carbocycles. The first-order valence-corrected chi connectivity index (χ1v) is 7.03. The Kier molecular flexibility index (Phi) is 4.75. The van der Waals surface area contributed by atoms with E-state index in [-0.39, 0.29) is 23.2 Å². The van der Waals surface area contributed by atoms with E-state index in [1.807, 2.05) is 0 Å². The van der Waals surface area contributed by atoms with Crippen molar-refractivity contribution >= 4 is 29.2 Å². The third kappa shape index (κ3) is 3.60. The molecule has 0 heterocycles. The molecule has 6 nitrogen and oxygen atoms in total. The van der Waals surface area contributed by atoms with Crippen LogP contribution in [0, 0.1) is 11.7 Å². The van der Waals surface area contributed by atoms with Crippen molar-refractivity contribution in [2.45, 2.75) is 32.6 Å². The highest BCUT2D eigenvalue weighted by atomic mass is 19.1. The number of carbonyl (C=O) groups excluding carboxylic acids is 2. The number of amides is 2. The predicted molar refractivity (Wildman–Crippen MR) is 78.3 cm³/mol. The summed E-state index contributed by atoms with van der Waals surface area (Å²) in [6.07, 6.45) is 3.49. The number of halogens is 1. The number of nitrogens with one attached hydrogen (secondary N) is 2. The standard InChI is InChI=1S/C15H17FN2O4/c1-8(19)17-13-7-11(16)10(15(21)22)6-12(13)18-14(20)9-4-2-3-5-9/h6-7,9H,2-5H2,1H3,(H,17,19)(H,18,20)(H,21,22). The molecule has 2 rings (SSSR count). The number of hydrogen-bond acceptors (Lipinski definition) is 3. The van der Waals surface area contributed by atoms with Gasteiger partial charge in [-0.3, -0.25) is 9.59 Å². The molecule has 0 saturated heterocycles. The summed E-state index contributed by atoms with van der Waals surface area (Å²) in [6.45, 7) is 1.24. The lowest BCUT2D eigenvalue weighted by molar-refractivity contribution is -0.119. The summed E-state index contributed by atoms with van der Waals surface area (Å²) in [7, 11) is 0. The van der Waals surface area contributed by atoms with Gasteiger partial charge in [-0.2, -0.15) is 0 Å². The van der Waals surface area contributed by atoms with Crippen molar-refractivity contribution < 1.29 is 23.9 Å². The van der Waals surface area contributed by atoms with Gasteiger partial charge in [0.05, 0.1) is 16.9 Å². The summed E-state index contributed by atoms with van der Waals surface area (Å²) in [5.41, 5.74) is -0.428. The highest BCUT2D eigenvalue weighted by Crippen LogP contribution is 2.30. The minimum absolute atomic E-state index is 0.0429. The van der Waals surface area contributed by atoms with Crippen LogP contribution in [0.5, 0.6) is 0 Å². The maximum Gasteiger partial charge on any atom is 0.338 e. The molecule has 1 aromatic carbocycles. The molecule has 2 amide bonds. The van der Waals surface area contributed by atoms with Crippen LogP contribution >= 0.6 is 0 Å². The van der Waals surface area contributed by atoms with Gasteiger partial charge >= 0.3 is 5.97 Å². The van der Waals surface area contributed by atoms with Crippen molar-refractivity contribution in [2.75, 3.05) is 10.6 Å². The molecule has 1 aromatic rings. The van der Waals surface area contributed by atoms with Gasteiger partial charge in [-0.15, -0.1) is 0 Å². The molecular formula is C15H17FN2O4. The molecule has 118 valence electrons. The van der Waals surface area contributed by atoms with Crippen LogP contribution in [-0.4, -0.2) is 22.9 Å². The molecular weight excluding hydrogens is 291 g/mol. The zero-order chi connectivity index (χ0) is 16.3. The van der Waals surface area contributed by atoms with E-state index >= 15 is 0 Å². The van der Waals surface area contributed by atoms with Gasteiger partial charge in [0.2, 0.25) is 11.8 Å². The SMILES string of the molecule is CC(=O)Nc1cc(F)c(C(=O)O)cc1NC(=O)C1CCCC1. The van der Waals surface area contributed by atoms with Crippen LogP contribution in [-0.2, 0) is 9.59 Å². The predicted octanol–water partition coefficient (Wildman–Crippen LogP) is 2.61. The van der Waals surface area contributed by atoms with Crippen LogP contribution in [0.25, 0.3) is 0 Å². The topological polar surface area (TPSA) is 95.5 Å². The number of rotatable bonds is 4. The number of aromatic carboxylic acids is 1. The summed E-state index contributed by atoms with van der Waals surface area (Å²) < 4.78 is 13.7. The largest absolute Gasteiger partial charge is 0.478 e. The van der Waals surface area contributed by atoms with Crippen molar-refractivity contribution in [3.8, 4) is 0 Å². The van der Waals surface area contributed by atoms with Crippen LogP contribution in [0.4, 0.5) is 15.8 Å². The van der Waals surface area contributed by atoms with Gasteiger partial charge in [0.25, 0.3) is 0 Å². The van der Waals surface area contributed by atoms with Gasteiger partial charge in [-0.1, -0.05) is 12.8 Å². The fraction of sp³-hybridized carbons (Fsp3) is 0.400. The molecule has 1 fully saturated rings. The lowest BCUT2D eigenvalue weighted by Gasteiger charge is -2.15. The highest BCUT2D eigenvalue weighted by Gasteiger charge is 2.24. The van der Waals surface area contributed by atoms with E-state index < -0.39 is 23.3 Å². The molecule has 0 aromatic heterocycles. The van der Waals surface area contributed by atoms with Crippen molar-refractivity contribution in [2.24, 2.45) is 5.92 Å². The Bertz CT molecular complexity index is 624. The van der Waals surface area contributed by atoms with E-state index in [9.17, 15) is 18.8 Å². The molecule has 0 bridgehead atoms. The van der Waals surface area contributed by atoms with Crippen LogP contribution in [0.1, 0.15) is 43.0 Å². The second kappa shape index (κ2) is 6.55. The van der Waals surface area contributed by atoms with E-state index in [1.54, 1.807) is 0 Å². The summed E-state index contributed by atoms with van der Waals surface area (Å²) >= 11 is 0. The Labute approximate surface area is 126 Å². The first kappa shape index (κ1) is 15.9. The Morgan fingerprint density at radius 1 is 1.14 bits per heavy atom. The minimum atomic E-state index is -1.44. The Morgan fingerprint density at radius 2 is 1.73 bits per heavy atom. The monoisotopic (exact) mass is 308 g/mol. The maximum absolute atomic E-state index is 13.7. The third-order valence-electron chi connectivity index (χ3n) is 3.63. The van der Waals surface area contributed by atoms with Crippen molar-refractivity contribution in [1.29, 1.82) is 0 Å². The average Bonchev–Trinajstić information content (AvgIpc) is 2.94. The summed E-state index contributed by atoms with van der Waals surface area (Å²) in [4.78, 5) is 34.3. The zero-order valence-electron chi connectivity index (χ0n) is 12.1. The van der Waals surface area contributed by atoms with E-state index in [4.69, 9.17) is 5.11 Å². The second-order valence-electron chi connectivity index (χ2n) is 5.33. The molecule has 0 atom stereocenters. The lowest BCUT2D eigenvalue weighted by atomic mass is 10.1. The van der Waals surface area contributed by atoms with Crippen LogP contribution in [0.15, 0.2) is 12.1 Å². The number of carboxylic acids is 1. The molecule has 0 unspecified atom stereocenters. The Balaban J connectivity index is 2.32. The molecule has 7 heteroatoms. The lowest BCUT2D eigenvalue weighted by Crippen LogP contribution is -2.22. The van der Waals surface area contributed by atoms with E-state index in [1.165, 1.54) is 6.92 Å². The number of benzene rings is 1. The summed E-state index contributed by atoms with van der Waals surface area (Å²) in [5.74, 6) is -3.24. The highest BCUT2D eigenvalue weighted by molar-refractivity contribution is 6.02. The van der Waals surface area contributed by atoms with Gasteiger partial charge in [0.15, 0.2) is 0 Å². The van der Waals surface area contributed by atoms with Gasteiger partial charge in [0, 0.05) is 18.9 Å². The van der Waals surface area contributed by atoms with Gasteiger partial charge in [-0.05, 0) is 18.9 Å². The van der Waals surface area contributed by atoms with Gasteiger partial charge < -0.3 is 15.7 Å². The van der Waals surface area contributed by atoms with Crippen LogP contribution in [0.3, 0.4) is 0 Å². The Hall–Kier alpha value is -2.44. The quantitative estimate of drug-likeness (QED) is 0.796. The van der Waals surface area contributed by atoms with E-state index in [0.29, 0.717) is 0 Å². The normalized spacial score (nSPS) is 14.6. The smallest absolute Gasteiger partial charge is 0.338 e. The number of carboxylic acid groups (broad SMARTS) is 1. The number of carbonyl (C=O) groups is 3. The Morgan fingerprint density at radius 3 is 2.27 bits per heavy atom. The first-order valence-electron chi connectivity index (χ1n) is 7.03. The summed E-state index contributed by atoms with van der Waals surface area (Å²) in [5, 5.41) is 14.0. The number of anilines is 2. The average molecular weight is 308 g/mol. The summed E-state index contributed by atoms with van der Waals surface area (Å²) in [6, 6.07) is 1.92. The molecule has 0 aliphatic heterocycles. The second-order valence-corrected chi connectivity index (χ2v) is 5.33. The van der Waals surface area contributed by atoms with Crippen molar-refractivity contribution in [3.05, 3.63) is 23.5 Å². The zero-order valence-corrected chi connectivity index (χ0v) is 12.1. The van der Waals surface area contributed by atoms with Crippen LogP contribution in [0.2, 0.25) is 0 Å². The van der Waals surface area contributed by atoms with Gasteiger partial charge in [-0.25, -0.2) is 9.18 Å². The molecule has 3 N–H and O–H groups in total. The molecule has 0 spiro atoms. The maximum atomic E-state index is 13.7. The van der Waals surface area contributed by atoms with Gasteiger partial charge in [0.1, 0.15) is 5.82 Å². The molecule has 1 aliphatic carbocycles. The molecule has 0 radical (unpaired) electrons. The first-order chi connectivity index (χ1) is 10.4. The van der Waals surface area contributed by atoms with E-state index in [0.717, 1.165) is 37.8 Å². The van der Waals surface area contributed by atoms with Crippen LogP contribution < -0.4 is 10.6 Å². The minimum Gasteiger partial charge on any atom is -0.478 e.